The highest BCUT2D eigenvalue weighted by Crippen LogP contribution is 2.08. The van der Waals surface area contributed by atoms with Gasteiger partial charge < -0.3 is 10.2 Å². The molecule has 0 aliphatic rings. The second-order valence-corrected chi connectivity index (χ2v) is 4.48. The molecule has 0 aliphatic carbocycles. The maximum Gasteiger partial charge on any atom is 0.309 e. The summed E-state index contributed by atoms with van der Waals surface area (Å²) >= 11 is 0. The van der Waals surface area contributed by atoms with Crippen molar-refractivity contribution in [3.05, 3.63) is 12.2 Å². The van der Waals surface area contributed by atoms with E-state index in [-0.39, 0.29) is 6.61 Å². The summed E-state index contributed by atoms with van der Waals surface area (Å²) < 4.78 is 0. The van der Waals surface area contributed by atoms with Crippen molar-refractivity contribution in [3.63, 3.8) is 0 Å². The third-order valence-electron chi connectivity index (χ3n) is 2.88. The van der Waals surface area contributed by atoms with Gasteiger partial charge in [0.1, 0.15) is 0 Å². The highest BCUT2D eigenvalue weighted by molar-refractivity contribution is 5.70. The first-order chi connectivity index (χ1) is 8.22. The molecular formula is C14H26O3. The molecule has 0 aliphatic heterocycles. The molecule has 1 unspecified atom stereocenters. The third-order valence-corrected chi connectivity index (χ3v) is 2.88. The monoisotopic (exact) mass is 242 g/mol. The SMILES string of the molecule is CCCCCCCC/C=C/CC(CO)C(=O)O. The number of aliphatic hydroxyl groups excluding tert-OH is 1. The third kappa shape index (κ3) is 10.1. The van der Waals surface area contributed by atoms with Gasteiger partial charge in [-0.25, -0.2) is 0 Å². The van der Waals surface area contributed by atoms with E-state index in [9.17, 15) is 4.79 Å². The first-order valence-corrected chi connectivity index (χ1v) is 6.71. The lowest BCUT2D eigenvalue weighted by Crippen LogP contribution is -2.16. The van der Waals surface area contributed by atoms with Crippen LogP contribution in [0.4, 0.5) is 0 Å². The van der Waals surface area contributed by atoms with Gasteiger partial charge in [-0.15, -0.1) is 0 Å². The van der Waals surface area contributed by atoms with Gasteiger partial charge in [-0.3, -0.25) is 4.79 Å². The van der Waals surface area contributed by atoms with Gasteiger partial charge in [0.15, 0.2) is 0 Å². The average molecular weight is 242 g/mol. The Labute approximate surface area is 105 Å². The Hall–Kier alpha value is -0.830. The number of carbonyl (C=O) groups is 1. The molecule has 3 nitrogen and oxygen atoms in total. The molecule has 0 aromatic rings. The summed E-state index contributed by atoms with van der Waals surface area (Å²) in [5, 5.41) is 17.5. The molecule has 0 saturated heterocycles. The normalized spacial score (nSPS) is 13.1. The molecule has 0 spiro atoms. The van der Waals surface area contributed by atoms with E-state index in [1.165, 1.54) is 38.5 Å². The van der Waals surface area contributed by atoms with Crippen molar-refractivity contribution in [1.82, 2.24) is 0 Å². The van der Waals surface area contributed by atoms with Crippen LogP contribution in [-0.2, 0) is 4.79 Å². The minimum atomic E-state index is -0.920. The van der Waals surface area contributed by atoms with Crippen LogP contribution in [0, 0.1) is 5.92 Å². The van der Waals surface area contributed by atoms with Crippen LogP contribution < -0.4 is 0 Å². The van der Waals surface area contributed by atoms with Gasteiger partial charge in [-0.1, -0.05) is 51.2 Å². The second kappa shape index (κ2) is 11.6. The van der Waals surface area contributed by atoms with Gasteiger partial charge in [0.05, 0.1) is 12.5 Å². The zero-order chi connectivity index (χ0) is 12.9. The molecule has 17 heavy (non-hydrogen) atoms. The summed E-state index contributed by atoms with van der Waals surface area (Å²) in [4.78, 5) is 10.6. The standard InChI is InChI=1S/C14H26O3/c1-2-3-4-5-6-7-8-9-10-11-13(12-15)14(16)17/h9-10,13,15H,2-8,11-12H2,1H3,(H,16,17)/b10-9+. The Kier molecular flexibility index (Phi) is 11.1. The van der Waals surface area contributed by atoms with Crippen molar-refractivity contribution in [2.24, 2.45) is 5.92 Å². The molecule has 1 atom stereocenters. The first-order valence-electron chi connectivity index (χ1n) is 6.71. The molecule has 3 heteroatoms. The van der Waals surface area contributed by atoms with Crippen LogP contribution in [0.15, 0.2) is 12.2 Å². The summed E-state index contributed by atoms with van der Waals surface area (Å²) in [5.41, 5.74) is 0. The molecule has 0 heterocycles. The smallest absolute Gasteiger partial charge is 0.309 e. The molecule has 0 amide bonds. The van der Waals surface area contributed by atoms with Crippen molar-refractivity contribution in [2.45, 2.75) is 58.3 Å². The van der Waals surface area contributed by atoms with E-state index in [1.54, 1.807) is 0 Å². The highest BCUT2D eigenvalue weighted by Gasteiger charge is 2.13. The molecule has 0 aromatic heterocycles. The zero-order valence-electron chi connectivity index (χ0n) is 10.9. The fourth-order valence-corrected chi connectivity index (χ4v) is 1.67. The van der Waals surface area contributed by atoms with Crippen LogP contribution in [0.2, 0.25) is 0 Å². The number of unbranched alkanes of at least 4 members (excludes halogenated alkanes) is 6. The number of carboxylic acid groups (broad SMARTS) is 1. The minimum absolute atomic E-state index is 0.281. The number of allylic oxidation sites excluding steroid dienone is 2. The van der Waals surface area contributed by atoms with Gasteiger partial charge in [-0.2, -0.15) is 0 Å². The predicted octanol–water partition coefficient (Wildman–Crippen LogP) is 3.38. The molecule has 100 valence electrons. The van der Waals surface area contributed by atoms with Crippen molar-refractivity contribution >= 4 is 5.97 Å². The number of hydrogen-bond acceptors (Lipinski definition) is 2. The average Bonchev–Trinajstić information content (AvgIpc) is 2.31. The van der Waals surface area contributed by atoms with E-state index in [0.717, 1.165) is 6.42 Å². The maximum atomic E-state index is 10.6. The number of aliphatic carboxylic acids is 1. The Morgan fingerprint density at radius 3 is 2.35 bits per heavy atom. The number of aliphatic hydroxyl groups is 1. The summed E-state index contributed by atoms with van der Waals surface area (Å²) in [6.07, 6.45) is 13.0. The van der Waals surface area contributed by atoms with Crippen molar-refractivity contribution in [2.75, 3.05) is 6.61 Å². The lowest BCUT2D eigenvalue weighted by Gasteiger charge is -2.04. The summed E-state index contributed by atoms with van der Waals surface area (Å²) in [6, 6.07) is 0. The summed E-state index contributed by atoms with van der Waals surface area (Å²) in [6.45, 7) is 1.93. The number of rotatable bonds is 11. The maximum absolute atomic E-state index is 10.6. The van der Waals surface area contributed by atoms with Crippen LogP contribution in [0.1, 0.15) is 58.3 Å². The highest BCUT2D eigenvalue weighted by atomic mass is 16.4. The Bertz CT molecular complexity index is 212. The zero-order valence-corrected chi connectivity index (χ0v) is 10.9. The van der Waals surface area contributed by atoms with Crippen LogP contribution >= 0.6 is 0 Å². The van der Waals surface area contributed by atoms with E-state index < -0.39 is 11.9 Å². The van der Waals surface area contributed by atoms with Crippen molar-refractivity contribution < 1.29 is 15.0 Å². The largest absolute Gasteiger partial charge is 0.481 e. The fourth-order valence-electron chi connectivity index (χ4n) is 1.67. The molecule has 0 rings (SSSR count). The van der Waals surface area contributed by atoms with Crippen LogP contribution in [0.3, 0.4) is 0 Å². The molecule has 2 N–H and O–H groups in total. The van der Waals surface area contributed by atoms with Crippen molar-refractivity contribution in [3.8, 4) is 0 Å². The molecular weight excluding hydrogens is 216 g/mol. The van der Waals surface area contributed by atoms with E-state index in [2.05, 4.69) is 6.92 Å². The van der Waals surface area contributed by atoms with Crippen LogP contribution in [0.5, 0.6) is 0 Å². The second-order valence-electron chi connectivity index (χ2n) is 4.48. The summed E-state index contributed by atoms with van der Waals surface area (Å²) in [7, 11) is 0. The van der Waals surface area contributed by atoms with Gasteiger partial charge in [-0.05, 0) is 19.3 Å². The summed E-state index contributed by atoms with van der Waals surface area (Å²) in [5.74, 6) is -1.56. The minimum Gasteiger partial charge on any atom is -0.481 e. The Morgan fingerprint density at radius 1 is 1.12 bits per heavy atom. The quantitative estimate of drug-likeness (QED) is 0.431. The lowest BCUT2D eigenvalue weighted by atomic mass is 10.1. The lowest BCUT2D eigenvalue weighted by molar-refractivity contribution is -0.142. The molecule has 0 aromatic carbocycles. The van der Waals surface area contributed by atoms with Crippen molar-refractivity contribution in [1.29, 1.82) is 0 Å². The van der Waals surface area contributed by atoms with Crippen LogP contribution in [0.25, 0.3) is 0 Å². The van der Waals surface area contributed by atoms with E-state index in [1.807, 2.05) is 12.2 Å². The Balaban J connectivity index is 3.38. The number of carboxylic acids is 1. The van der Waals surface area contributed by atoms with E-state index in [0.29, 0.717) is 6.42 Å². The number of hydrogen-bond donors (Lipinski definition) is 2. The van der Waals surface area contributed by atoms with Crippen LogP contribution in [-0.4, -0.2) is 22.8 Å². The van der Waals surface area contributed by atoms with Gasteiger partial charge in [0.2, 0.25) is 0 Å². The molecule has 0 radical (unpaired) electrons. The molecule has 0 fully saturated rings. The van der Waals surface area contributed by atoms with Gasteiger partial charge in [0.25, 0.3) is 0 Å². The van der Waals surface area contributed by atoms with Gasteiger partial charge >= 0.3 is 5.97 Å². The molecule has 0 bridgehead atoms. The van der Waals surface area contributed by atoms with E-state index in [4.69, 9.17) is 10.2 Å². The van der Waals surface area contributed by atoms with E-state index >= 15 is 0 Å². The Morgan fingerprint density at radius 2 is 1.76 bits per heavy atom. The predicted molar refractivity (Wildman–Crippen MR) is 70.0 cm³/mol. The topological polar surface area (TPSA) is 57.5 Å². The van der Waals surface area contributed by atoms with Gasteiger partial charge in [0, 0.05) is 0 Å². The first kappa shape index (κ1) is 16.2. The molecule has 0 saturated carbocycles. The fraction of sp³-hybridized carbons (Fsp3) is 0.786.